The van der Waals surface area contributed by atoms with E-state index in [0.717, 1.165) is 0 Å². The summed E-state index contributed by atoms with van der Waals surface area (Å²) in [5.74, 6) is -1.14. The summed E-state index contributed by atoms with van der Waals surface area (Å²) in [6, 6.07) is 11.4. The molecule has 0 radical (unpaired) electrons. The SMILES string of the molecule is N/C(=N\OC(=O)c1cc(-c2ccc(Cl)cc2Cl)on1)c1ccc(F)cc1. The molecule has 0 fully saturated rings. The summed E-state index contributed by atoms with van der Waals surface area (Å²) in [5.41, 5.74) is 6.46. The third-order valence-corrected chi connectivity index (χ3v) is 3.83. The summed E-state index contributed by atoms with van der Waals surface area (Å²) >= 11 is 11.9. The summed E-state index contributed by atoms with van der Waals surface area (Å²) in [7, 11) is 0. The highest BCUT2D eigenvalue weighted by Crippen LogP contribution is 2.30. The first-order valence-corrected chi connectivity index (χ1v) is 7.92. The molecule has 0 unspecified atom stereocenters. The Hall–Kier alpha value is -2.90. The van der Waals surface area contributed by atoms with Gasteiger partial charge in [-0.25, -0.2) is 9.18 Å². The van der Waals surface area contributed by atoms with Crippen LogP contribution in [0.25, 0.3) is 11.3 Å². The number of hydrogen-bond donors (Lipinski definition) is 1. The Balaban J connectivity index is 1.74. The Kier molecular flexibility index (Phi) is 5.20. The van der Waals surface area contributed by atoms with Crippen molar-refractivity contribution >= 4 is 35.0 Å². The predicted octanol–water partition coefficient (Wildman–Crippen LogP) is 4.26. The first-order valence-electron chi connectivity index (χ1n) is 7.17. The molecule has 132 valence electrons. The van der Waals surface area contributed by atoms with Gasteiger partial charge >= 0.3 is 5.97 Å². The number of oxime groups is 1. The summed E-state index contributed by atoms with van der Waals surface area (Å²) < 4.78 is 18.0. The largest absolute Gasteiger partial charge is 0.387 e. The number of amidine groups is 1. The molecule has 0 atom stereocenters. The Morgan fingerprint density at radius 1 is 1.15 bits per heavy atom. The van der Waals surface area contributed by atoms with Crippen LogP contribution in [0.1, 0.15) is 16.1 Å². The molecule has 9 heteroatoms. The van der Waals surface area contributed by atoms with Crippen LogP contribution in [0.4, 0.5) is 4.39 Å². The molecule has 3 aromatic rings. The number of nitrogens with two attached hydrogens (primary N) is 1. The maximum absolute atomic E-state index is 12.9. The number of hydrogen-bond acceptors (Lipinski definition) is 5. The van der Waals surface area contributed by atoms with Crippen molar-refractivity contribution < 1.29 is 18.5 Å². The number of aromatic nitrogens is 1. The minimum atomic E-state index is -0.879. The average Bonchev–Trinajstić information content (AvgIpc) is 3.10. The van der Waals surface area contributed by atoms with Crippen molar-refractivity contribution in [2.24, 2.45) is 10.9 Å². The lowest BCUT2D eigenvalue weighted by Gasteiger charge is -2.00. The highest BCUT2D eigenvalue weighted by Gasteiger charge is 2.17. The zero-order valence-electron chi connectivity index (χ0n) is 12.9. The number of carbonyl (C=O) groups excluding carboxylic acids is 1. The molecule has 1 aromatic heterocycles. The summed E-state index contributed by atoms with van der Waals surface area (Å²) in [6.07, 6.45) is 0. The van der Waals surface area contributed by atoms with E-state index in [4.69, 9.17) is 38.3 Å². The summed E-state index contributed by atoms with van der Waals surface area (Å²) in [4.78, 5) is 16.7. The second-order valence-corrected chi connectivity index (χ2v) is 5.91. The second-order valence-electron chi connectivity index (χ2n) is 5.06. The van der Waals surface area contributed by atoms with Gasteiger partial charge in [0.25, 0.3) is 0 Å². The molecular weight excluding hydrogens is 384 g/mol. The van der Waals surface area contributed by atoms with E-state index in [1.807, 2.05) is 0 Å². The fourth-order valence-corrected chi connectivity index (χ4v) is 2.50. The van der Waals surface area contributed by atoms with Crippen molar-refractivity contribution in [3.8, 4) is 11.3 Å². The summed E-state index contributed by atoms with van der Waals surface area (Å²) in [6.45, 7) is 0. The van der Waals surface area contributed by atoms with Gasteiger partial charge in [0.2, 0.25) is 0 Å². The van der Waals surface area contributed by atoms with Crippen molar-refractivity contribution in [3.63, 3.8) is 0 Å². The molecule has 0 saturated carbocycles. The predicted molar refractivity (Wildman–Crippen MR) is 94.5 cm³/mol. The minimum absolute atomic E-state index is 0.0946. The Morgan fingerprint density at radius 3 is 2.58 bits per heavy atom. The van der Waals surface area contributed by atoms with Crippen molar-refractivity contribution in [2.75, 3.05) is 0 Å². The van der Waals surface area contributed by atoms with Crippen LogP contribution in [0.15, 0.2) is 58.2 Å². The van der Waals surface area contributed by atoms with E-state index >= 15 is 0 Å². The van der Waals surface area contributed by atoms with E-state index in [1.54, 1.807) is 12.1 Å². The van der Waals surface area contributed by atoms with Crippen LogP contribution in [-0.4, -0.2) is 17.0 Å². The van der Waals surface area contributed by atoms with Gasteiger partial charge < -0.3 is 15.1 Å². The molecule has 0 bridgehead atoms. The van der Waals surface area contributed by atoms with Gasteiger partial charge in [0, 0.05) is 22.2 Å². The molecule has 0 saturated heterocycles. The highest BCUT2D eigenvalue weighted by molar-refractivity contribution is 6.36. The number of rotatable bonds is 4. The topological polar surface area (TPSA) is 90.7 Å². The van der Waals surface area contributed by atoms with Crippen LogP contribution in [0.5, 0.6) is 0 Å². The van der Waals surface area contributed by atoms with Crippen LogP contribution in [0.3, 0.4) is 0 Å². The second kappa shape index (κ2) is 7.55. The van der Waals surface area contributed by atoms with E-state index in [9.17, 15) is 9.18 Å². The van der Waals surface area contributed by atoms with Gasteiger partial charge in [-0.1, -0.05) is 33.5 Å². The number of benzene rings is 2. The summed E-state index contributed by atoms with van der Waals surface area (Å²) in [5, 5.41) is 7.93. The van der Waals surface area contributed by atoms with Gasteiger partial charge in [-0.05, 0) is 42.5 Å². The Bertz CT molecular complexity index is 987. The molecule has 2 N–H and O–H groups in total. The Labute approximate surface area is 156 Å². The number of carbonyl (C=O) groups is 1. The van der Waals surface area contributed by atoms with Crippen LogP contribution in [0.2, 0.25) is 10.0 Å². The smallest absolute Gasteiger partial charge is 0.380 e. The molecule has 1 heterocycles. The molecule has 6 nitrogen and oxygen atoms in total. The molecular formula is C17H10Cl2FN3O3. The van der Waals surface area contributed by atoms with Crippen LogP contribution in [0, 0.1) is 5.82 Å². The molecule has 0 spiro atoms. The van der Waals surface area contributed by atoms with E-state index in [2.05, 4.69) is 10.3 Å². The standard InChI is InChI=1S/C17H10Cl2FN3O3/c18-10-3-6-12(13(19)7-10)15-8-14(22-25-15)17(24)26-23-16(21)9-1-4-11(20)5-2-9/h1-8H,(H2,21,23). The highest BCUT2D eigenvalue weighted by atomic mass is 35.5. The van der Waals surface area contributed by atoms with Crippen LogP contribution < -0.4 is 5.73 Å². The normalized spacial score (nSPS) is 11.4. The fourth-order valence-electron chi connectivity index (χ4n) is 2.00. The first-order chi connectivity index (χ1) is 12.4. The molecule has 2 aromatic carbocycles. The van der Waals surface area contributed by atoms with Crippen molar-refractivity contribution in [1.29, 1.82) is 0 Å². The molecule has 26 heavy (non-hydrogen) atoms. The van der Waals surface area contributed by atoms with Gasteiger partial charge in [0.05, 0.1) is 5.02 Å². The molecule has 0 amide bonds. The number of halogens is 3. The lowest BCUT2D eigenvalue weighted by Crippen LogP contribution is -2.15. The third-order valence-electron chi connectivity index (χ3n) is 3.28. The molecule has 0 aliphatic rings. The van der Waals surface area contributed by atoms with E-state index in [-0.39, 0.29) is 17.3 Å². The van der Waals surface area contributed by atoms with Crippen molar-refractivity contribution in [3.05, 3.63) is 75.7 Å². The van der Waals surface area contributed by atoms with Gasteiger partial charge in [0.15, 0.2) is 17.3 Å². The molecule has 0 aliphatic carbocycles. The van der Waals surface area contributed by atoms with E-state index < -0.39 is 11.8 Å². The van der Waals surface area contributed by atoms with Gasteiger partial charge in [-0.2, -0.15) is 0 Å². The monoisotopic (exact) mass is 393 g/mol. The van der Waals surface area contributed by atoms with Crippen LogP contribution >= 0.6 is 23.2 Å². The van der Waals surface area contributed by atoms with Gasteiger partial charge in [-0.15, -0.1) is 0 Å². The van der Waals surface area contributed by atoms with Crippen molar-refractivity contribution in [2.45, 2.75) is 0 Å². The maximum atomic E-state index is 12.9. The van der Waals surface area contributed by atoms with Gasteiger partial charge in [-0.3, -0.25) is 0 Å². The maximum Gasteiger partial charge on any atom is 0.387 e. The first kappa shape index (κ1) is 17.9. The van der Waals surface area contributed by atoms with Gasteiger partial charge in [0.1, 0.15) is 5.82 Å². The van der Waals surface area contributed by atoms with E-state index in [0.29, 0.717) is 21.2 Å². The number of nitrogens with zero attached hydrogens (tertiary/aromatic N) is 2. The third kappa shape index (κ3) is 4.01. The lowest BCUT2D eigenvalue weighted by molar-refractivity contribution is 0.0504. The lowest BCUT2D eigenvalue weighted by atomic mass is 10.1. The zero-order chi connectivity index (χ0) is 18.7. The average molecular weight is 394 g/mol. The quantitative estimate of drug-likeness (QED) is 0.309. The fraction of sp³-hybridized carbons (Fsp3) is 0. The Morgan fingerprint density at radius 2 is 1.88 bits per heavy atom. The zero-order valence-corrected chi connectivity index (χ0v) is 14.5. The molecule has 0 aliphatic heterocycles. The van der Waals surface area contributed by atoms with Crippen molar-refractivity contribution in [1.82, 2.24) is 5.16 Å². The molecule has 3 rings (SSSR count). The van der Waals surface area contributed by atoms with E-state index in [1.165, 1.54) is 36.4 Å². The van der Waals surface area contributed by atoms with Crippen LogP contribution in [-0.2, 0) is 4.84 Å². The minimum Gasteiger partial charge on any atom is -0.380 e.